The quantitative estimate of drug-likeness (QED) is 0.815. The van der Waals surface area contributed by atoms with Crippen molar-refractivity contribution < 1.29 is 4.39 Å². The van der Waals surface area contributed by atoms with E-state index in [9.17, 15) is 4.39 Å². The van der Waals surface area contributed by atoms with Crippen LogP contribution >= 0.6 is 24.0 Å². The van der Waals surface area contributed by atoms with Gasteiger partial charge in [0, 0.05) is 17.0 Å². The molecule has 0 aliphatic heterocycles. The van der Waals surface area contributed by atoms with Crippen molar-refractivity contribution in [2.24, 2.45) is 5.73 Å². The SMILES string of the molecule is CSC1(CNc2cccc(F)c2C(N)=S)CCCC1. The number of hydrogen-bond acceptors (Lipinski definition) is 3. The van der Waals surface area contributed by atoms with Gasteiger partial charge in [0.15, 0.2) is 0 Å². The molecule has 0 atom stereocenters. The summed E-state index contributed by atoms with van der Waals surface area (Å²) in [5, 5.41) is 3.34. The molecule has 19 heavy (non-hydrogen) atoms. The second-order valence-corrected chi connectivity index (χ2v) is 6.69. The molecular weight excluding hydrogens is 279 g/mol. The smallest absolute Gasteiger partial charge is 0.135 e. The van der Waals surface area contributed by atoms with Gasteiger partial charge in [-0.05, 0) is 31.2 Å². The van der Waals surface area contributed by atoms with Crippen LogP contribution in [0.15, 0.2) is 18.2 Å². The van der Waals surface area contributed by atoms with E-state index in [1.807, 2.05) is 17.8 Å². The van der Waals surface area contributed by atoms with Crippen LogP contribution in [0.2, 0.25) is 0 Å². The van der Waals surface area contributed by atoms with Crippen molar-refractivity contribution in [1.82, 2.24) is 0 Å². The number of thioether (sulfide) groups is 1. The molecule has 1 aliphatic rings. The van der Waals surface area contributed by atoms with Crippen LogP contribution in [0.25, 0.3) is 0 Å². The van der Waals surface area contributed by atoms with E-state index in [4.69, 9.17) is 18.0 Å². The Labute approximate surface area is 123 Å². The van der Waals surface area contributed by atoms with Gasteiger partial charge in [-0.25, -0.2) is 4.39 Å². The van der Waals surface area contributed by atoms with Crippen LogP contribution in [0.4, 0.5) is 10.1 Å². The van der Waals surface area contributed by atoms with Gasteiger partial charge in [-0.15, -0.1) is 0 Å². The largest absolute Gasteiger partial charge is 0.389 e. The number of nitrogens with one attached hydrogen (secondary N) is 1. The molecule has 0 spiro atoms. The Morgan fingerprint density at radius 3 is 2.74 bits per heavy atom. The lowest BCUT2D eigenvalue weighted by atomic mass is 10.1. The molecule has 0 saturated heterocycles. The van der Waals surface area contributed by atoms with Gasteiger partial charge in [-0.1, -0.05) is 31.1 Å². The molecule has 0 unspecified atom stereocenters. The standard InChI is InChI=1S/C14H19FN2S2/c1-19-14(7-2-3-8-14)9-17-11-6-4-5-10(15)12(11)13(16)18/h4-6,17H,2-3,7-9H2,1H3,(H2,16,18). The second-order valence-electron chi connectivity index (χ2n) is 4.97. The highest BCUT2D eigenvalue weighted by Crippen LogP contribution is 2.40. The Morgan fingerprint density at radius 1 is 1.47 bits per heavy atom. The predicted octanol–water partition coefficient (Wildman–Crippen LogP) is 3.55. The summed E-state index contributed by atoms with van der Waals surface area (Å²) in [6.45, 7) is 0.827. The van der Waals surface area contributed by atoms with Gasteiger partial charge in [0.05, 0.1) is 5.56 Å². The minimum atomic E-state index is -0.359. The Kier molecular flexibility index (Phi) is 4.68. The molecule has 0 aromatic heterocycles. The lowest BCUT2D eigenvalue weighted by molar-refractivity contribution is 0.622. The van der Waals surface area contributed by atoms with Crippen LogP contribution in [-0.2, 0) is 0 Å². The molecule has 0 radical (unpaired) electrons. The summed E-state index contributed by atoms with van der Waals surface area (Å²) in [7, 11) is 0. The van der Waals surface area contributed by atoms with E-state index in [-0.39, 0.29) is 15.6 Å². The highest BCUT2D eigenvalue weighted by Gasteiger charge is 2.32. The van der Waals surface area contributed by atoms with Crippen molar-refractivity contribution in [3.05, 3.63) is 29.6 Å². The van der Waals surface area contributed by atoms with Crippen molar-refractivity contribution in [2.45, 2.75) is 30.4 Å². The maximum atomic E-state index is 13.8. The summed E-state index contributed by atoms with van der Waals surface area (Å²) in [4.78, 5) is 0.102. The van der Waals surface area contributed by atoms with Crippen molar-refractivity contribution in [2.75, 3.05) is 18.1 Å². The summed E-state index contributed by atoms with van der Waals surface area (Å²) in [5.74, 6) is -0.359. The van der Waals surface area contributed by atoms with Crippen LogP contribution in [0.3, 0.4) is 0 Å². The Balaban J connectivity index is 2.15. The number of rotatable bonds is 5. The molecule has 2 nitrogen and oxygen atoms in total. The first kappa shape index (κ1) is 14.6. The molecule has 1 saturated carbocycles. The van der Waals surface area contributed by atoms with E-state index < -0.39 is 0 Å². The van der Waals surface area contributed by atoms with Gasteiger partial charge in [0.2, 0.25) is 0 Å². The molecule has 1 fully saturated rings. The first-order valence-electron chi connectivity index (χ1n) is 6.45. The van der Waals surface area contributed by atoms with E-state index in [1.165, 1.54) is 31.7 Å². The first-order chi connectivity index (χ1) is 9.08. The minimum absolute atomic E-state index is 0.102. The van der Waals surface area contributed by atoms with Gasteiger partial charge >= 0.3 is 0 Å². The van der Waals surface area contributed by atoms with E-state index in [0.29, 0.717) is 11.3 Å². The van der Waals surface area contributed by atoms with Gasteiger partial charge in [-0.3, -0.25) is 0 Å². The lowest BCUT2D eigenvalue weighted by Gasteiger charge is -2.28. The van der Waals surface area contributed by atoms with E-state index in [2.05, 4.69) is 11.6 Å². The fourth-order valence-corrected chi connectivity index (χ4v) is 3.77. The number of hydrogen-bond donors (Lipinski definition) is 2. The summed E-state index contributed by atoms with van der Waals surface area (Å²) < 4.78 is 14.0. The molecule has 0 heterocycles. The summed E-state index contributed by atoms with van der Waals surface area (Å²) in [6, 6.07) is 4.90. The maximum Gasteiger partial charge on any atom is 0.135 e. The third-order valence-electron chi connectivity index (χ3n) is 3.81. The van der Waals surface area contributed by atoms with Crippen LogP contribution in [0, 0.1) is 5.82 Å². The monoisotopic (exact) mass is 298 g/mol. The van der Waals surface area contributed by atoms with E-state index >= 15 is 0 Å². The van der Waals surface area contributed by atoms with Gasteiger partial charge < -0.3 is 11.1 Å². The van der Waals surface area contributed by atoms with Crippen LogP contribution < -0.4 is 11.1 Å². The van der Waals surface area contributed by atoms with Gasteiger partial charge in [0.1, 0.15) is 10.8 Å². The zero-order chi connectivity index (χ0) is 13.9. The zero-order valence-corrected chi connectivity index (χ0v) is 12.7. The number of benzene rings is 1. The number of anilines is 1. The Morgan fingerprint density at radius 2 is 2.16 bits per heavy atom. The van der Waals surface area contributed by atoms with Crippen LogP contribution in [0.1, 0.15) is 31.2 Å². The highest BCUT2D eigenvalue weighted by molar-refractivity contribution is 8.00. The second kappa shape index (κ2) is 6.09. The third-order valence-corrected chi connectivity index (χ3v) is 5.43. The zero-order valence-electron chi connectivity index (χ0n) is 11.0. The minimum Gasteiger partial charge on any atom is -0.389 e. The van der Waals surface area contributed by atoms with Crippen molar-refractivity contribution in [1.29, 1.82) is 0 Å². The van der Waals surface area contributed by atoms with E-state index in [1.54, 1.807) is 6.07 Å². The average Bonchev–Trinajstić information content (AvgIpc) is 2.85. The molecule has 5 heteroatoms. The Hall–Kier alpha value is -0.810. The summed E-state index contributed by atoms with van der Waals surface area (Å²) in [6.07, 6.45) is 7.10. The molecular formula is C14H19FN2S2. The molecule has 1 aliphatic carbocycles. The normalized spacial score (nSPS) is 17.4. The number of thiocarbonyl (C=S) groups is 1. The molecule has 3 N–H and O–H groups in total. The predicted molar refractivity (Wildman–Crippen MR) is 85.5 cm³/mol. The average molecular weight is 298 g/mol. The molecule has 1 aromatic rings. The molecule has 0 amide bonds. The first-order valence-corrected chi connectivity index (χ1v) is 8.09. The van der Waals surface area contributed by atoms with Gasteiger partial charge in [-0.2, -0.15) is 11.8 Å². The van der Waals surface area contributed by atoms with Crippen molar-refractivity contribution >= 4 is 34.7 Å². The van der Waals surface area contributed by atoms with E-state index in [0.717, 1.165) is 6.54 Å². The fourth-order valence-electron chi connectivity index (χ4n) is 2.65. The molecule has 1 aromatic carbocycles. The Bertz CT molecular complexity index is 471. The molecule has 2 rings (SSSR count). The van der Waals surface area contributed by atoms with Crippen LogP contribution in [0.5, 0.6) is 0 Å². The third kappa shape index (κ3) is 3.20. The summed E-state index contributed by atoms with van der Waals surface area (Å²) in [5.41, 5.74) is 6.64. The number of halogens is 1. The fraction of sp³-hybridized carbons (Fsp3) is 0.500. The maximum absolute atomic E-state index is 13.8. The molecule has 104 valence electrons. The topological polar surface area (TPSA) is 38.0 Å². The van der Waals surface area contributed by atoms with Gasteiger partial charge in [0.25, 0.3) is 0 Å². The van der Waals surface area contributed by atoms with Crippen LogP contribution in [-0.4, -0.2) is 22.5 Å². The number of nitrogens with two attached hydrogens (primary N) is 1. The molecule has 0 bridgehead atoms. The lowest BCUT2D eigenvalue weighted by Crippen LogP contribution is -2.30. The van der Waals surface area contributed by atoms with Crippen molar-refractivity contribution in [3.63, 3.8) is 0 Å². The van der Waals surface area contributed by atoms with Crippen molar-refractivity contribution in [3.8, 4) is 0 Å². The summed E-state index contributed by atoms with van der Waals surface area (Å²) >= 11 is 6.83. The highest BCUT2D eigenvalue weighted by atomic mass is 32.2.